The lowest BCUT2D eigenvalue weighted by Crippen LogP contribution is -2.49. The molecule has 3 aromatic rings. The van der Waals surface area contributed by atoms with E-state index < -0.39 is 23.2 Å². The van der Waals surface area contributed by atoms with Crippen molar-refractivity contribution in [1.29, 1.82) is 0 Å². The Kier molecular flexibility index (Phi) is 4.56. The van der Waals surface area contributed by atoms with E-state index >= 15 is 0 Å². The standard InChI is InChI=1S/C22H23N7O4/c1-21(20(32)24-3)7-13-16(22(13,33)19(21)31)29-10-26-15-17(23-2)27-14(28-18(15)29)5-4-11-6-12(30)9-25-8-11/h6,8-10,13,16,19,30-31,33H,7H2,1-3H3,(H,24,32)(H,23,27,28)/t13-,16+,19+,21?,22+/m0/s1. The lowest BCUT2D eigenvalue weighted by Gasteiger charge is -2.32. The third-order valence-electron chi connectivity index (χ3n) is 6.77. The number of aliphatic hydroxyl groups is 2. The Morgan fingerprint density at radius 1 is 1.27 bits per heavy atom. The van der Waals surface area contributed by atoms with Gasteiger partial charge in [0.15, 0.2) is 17.0 Å². The van der Waals surface area contributed by atoms with Gasteiger partial charge in [0.05, 0.1) is 30.1 Å². The first kappa shape index (κ1) is 21.1. The van der Waals surface area contributed by atoms with Crippen molar-refractivity contribution in [2.45, 2.75) is 31.1 Å². The number of carbonyl (C=O) groups excluding carboxylic acids is 1. The second-order valence-corrected chi connectivity index (χ2v) is 8.69. The summed E-state index contributed by atoms with van der Waals surface area (Å²) >= 11 is 0. The summed E-state index contributed by atoms with van der Waals surface area (Å²) < 4.78 is 1.72. The maximum Gasteiger partial charge on any atom is 0.228 e. The number of imidazole rings is 1. The van der Waals surface area contributed by atoms with Gasteiger partial charge in [-0.05, 0) is 25.3 Å². The molecule has 1 unspecified atom stereocenters. The van der Waals surface area contributed by atoms with E-state index in [2.05, 4.69) is 42.4 Å². The predicted molar refractivity (Wildman–Crippen MR) is 117 cm³/mol. The molecule has 0 aromatic carbocycles. The quantitative estimate of drug-likeness (QED) is 0.341. The number of aromatic nitrogens is 5. The number of aliphatic hydroxyl groups excluding tert-OH is 1. The minimum Gasteiger partial charge on any atom is -0.506 e. The number of anilines is 1. The van der Waals surface area contributed by atoms with Gasteiger partial charge in [0.1, 0.15) is 11.4 Å². The molecule has 5 atom stereocenters. The van der Waals surface area contributed by atoms with Crippen LogP contribution in [0.2, 0.25) is 0 Å². The number of pyridine rings is 1. The summed E-state index contributed by atoms with van der Waals surface area (Å²) in [6.45, 7) is 1.66. The van der Waals surface area contributed by atoms with Crippen molar-refractivity contribution in [3.05, 3.63) is 36.2 Å². The van der Waals surface area contributed by atoms with Crippen molar-refractivity contribution in [2.24, 2.45) is 11.3 Å². The van der Waals surface area contributed by atoms with Crippen molar-refractivity contribution in [1.82, 2.24) is 29.8 Å². The molecule has 11 nitrogen and oxygen atoms in total. The fourth-order valence-corrected chi connectivity index (χ4v) is 5.06. The number of carbonyl (C=O) groups is 1. The third kappa shape index (κ3) is 2.95. The van der Waals surface area contributed by atoms with Gasteiger partial charge < -0.3 is 30.5 Å². The van der Waals surface area contributed by atoms with E-state index in [4.69, 9.17) is 0 Å². The number of rotatable bonds is 3. The molecular weight excluding hydrogens is 426 g/mol. The molecule has 0 spiro atoms. The largest absolute Gasteiger partial charge is 0.506 e. The Labute approximate surface area is 188 Å². The van der Waals surface area contributed by atoms with Crippen molar-refractivity contribution >= 4 is 22.9 Å². The van der Waals surface area contributed by atoms with Gasteiger partial charge in [-0.2, -0.15) is 0 Å². The fourth-order valence-electron chi connectivity index (χ4n) is 5.06. The van der Waals surface area contributed by atoms with Crippen LogP contribution in [0.15, 0.2) is 24.8 Å². The van der Waals surface area contributed by atoms with Gasteiger partial charge in [-0.25, -0.2) is 15.0 Å². The monoisotopic (exact) mass is 449 g/mol. The zero-order valence-electron chi connectivity index (χ0n) is 18.2. The maximum atomic E-state index is 12.3. The molecule has 3 heterocycles. The summed E-state index contributed by atoms with van der Waals surface area (Å²) in [6, 6.07) is 0.999. The Hall–Kier alpha value is -3.75. The predicted octanol–water partition coefficient (Wildman–Crippen LogP) is -0.213. The molecule has 33 heavy (non-hydrogen) atoms. The van der Waals surface area contributed by atoms with E-state index in [1.807, 2.05) is 0 Å². The fraction of sp³-hybridized carbons (Fsp3) is 0.409. The Morgan fingerprint density at radius 3 is 2.70 bits per heavy atom. The van der Waals surface area contributed by atoms with Crippen LogP contribution >= 0.6 is 0 Å². The molecule has 0 bridgehead atoms. The summed E-state index contributed by atoms with van der Waals surface area (Å²) in [5.74, 6) is 5.79. The van der Waals surface area contributed by atoms with Crippen molar-refractivity contribution in [3.63, 3.8) is 0 Å². The molecule has 170 valence electrons. The van der Waals surface area contributed by atoms with Crippen LogP contribution in [0.4, 0.5) is 5.82 Å². The maximum absolute atomic E-state index is 12.3. The highest BCUT2D eigenvalue weighted by molar-refractivity contribution is 5.85. The third-order valence-corrected chi connectivity index (χ3v) is 6.77. The zero-order valence-corrected chi connectivity index (χ0v) is 18.2. The Balaban J connectivity index is 1.53. The van der Waals surface area contributed by atoms with Crippen LogP contribution in [-0.2, 0) is 4.79 Å². The van der Waals surface area contributed by atoms with E-state index in [-0.39, 0.29) is 23.4 Å². The first-order chi connectivity index (χ1) is 15.7. The minimum atomic E-state index is -1.46. The van der Waals surface area contributed by atoms with Gasteiger partial charge in [-0.1, -0.05) is 5.92 Å². The highest BCUT2D eigenvalue weighted by atomic mass is 16.4. The van der Waals surface area contributed by atoms with E-state index in [0.717, 1.165) is 0 Å². The molecule has 0 saturated heterocycles. The minimum absolute atomic E-state index is 0.00277. The smallest absolute Gasteiger partial charge is 0.228 e. The lowest BCUT2D eigenvalue weighted by atomic mass is 9.80. The van der Waals surface area contributed by atoms with Crippen LogP contribution < -0.4 is 10.6 Å². The molecule has 3 aromatic heterocycles. The van der Waals surface area contributed by atoms with Crippen LogP contribution in [0.3, 0.4) is 0 Å². The molecule has 5 rings (SSSR count). The number of aromatic hydroxyl groups is 1. The summed E-state index contributed by atoms with van der Waals surface area (Å²) in [5, 5.41) is 37.3. The van der Waals surface area contributed by atoms with Gasteiger partial charge >= 0.3 is 0 Å². The van der Waals surface area contributed by atoms with Crippen LogP contribution in [0.5, 0.6) is 5.75 Å². The van der Waals surface area contributed by atoms with E-state index in [1.165, 1.54) is 25.5 Å². The van der Waals surface area contributed by atoms with Gasteiger partial charge in [0, 0.05) is 31.8 Å². The van der Waals surface area contributed by atoms with Gasteiger partial charge in [0.2, 0.25) is 11.7 Å². The first-order valence-electron chi connectivity index (χ1n) is 10.4. The number of nitrogens with zero attached hydrogens (tertiary/aromatic N) is 5. The topological polar surface area (TPSA) is 158 Å². The lowest BCUT2D eigenvalue weighted by molar-refractivity contribution is -0.140. The van der Waals surface area contributed by atoms with Crippen LogP contribution in [0.25, 0.3) is 11.2 Å². The molecule has 5 N–H and O–H groups in total. The van der Waals surface area contributed by atoms with Gasteiger partial charge in [-0.3, -0.25) is 9.78 Å². The number of fused-ring (bicyclic) bond motifs is 2. The molecule has 2 aliphatic rings. The Bertz CT molecular complexity index is 1350. The molecule has 11 heteroatoms. The summed E-state index contributed by atoms with van der Waals surface area (Å²) in [4.78, 5) is 29.6. The molecule has 1 amide bonds. The van der Waals surface area contributed by atoms with E-state index in [9.17, 15) is 20.1 Å². The highest BCUT2D eigenvalue weighted by Crippen LogP contribution is 2.69. The summed E-state index contributed by atoms with van der Waals surface area (Å²) in [6.07, 6.45) is 3.48. The zero-order chi connectivity index (χ0) is 23.5. The number of amides is 1. The van der Waals surface area contributed by atoms with Crippen molar-refractivity contribution in [3.8, 4) is 17.6 Å². The van der Waals surface area contributed by atoms with Crippen molar-refractivity contribution < 1.29 is 20.1 Å². The van der Waals surface area contributed by atoms with E-state index in [0.29, 0.717) is 29.0 Å². The molecule has 2 fully saturated rings. The SMILES string of the molecule is CNC(=O)C1(C)C[C@H]2[C@@H](n3cnc4c(NC)nc(C#Cc5cncc(O)c5)nc43)[C@@]2(O)[C@@H]1O. The molecule has 0 radical (unpaired) electrons. The van der Waals surface area contributed by atoms with Crippen LogP contribution in [0.1, 0.15) is 30.8 Å². The van der Waals surface area contributed by atoms with Crippen LogP contribution in [0, 0.1) is 23.2 Å². The summed E-state index contributed by atoms with van der Waals surface area (Å²) in [5.41, 5.74) is -1.08. The normalized spacial score (nSPS) is 29.8. The number of nitrogens with one attached hydrogen (secondary N) is 2. The van der Waals surface area contributed by atoms with Gasteiger partial charge in [-0.15, -0.1) is 0 Å². The first-order valence-corrected chi connectivity index (χ1v) is 10.4. The molecular formula is C22H23N7O4. The Morgan fingerprint density at radius 2 is 2.06 bits per heavy atom. The van der Waals surface area contributed by atoms with Crippen molar-refractivity contribution in [2.75, 3.05) is 19.4 Å². The van der Waals surface area contributed by atoms with Crippen LogP contribution in [-0.4, -0.2) is 71.5 Å². The average Bonchev–Trinajstić information content (AvgIpc) is 3.08. The molecule has 2 aliphatic carbocycles. The molecule has 2 saturated carbocycles. The second-order valence-electron chi connectivity index (χ2n) is 8.69. The number of hydrogen-bond donors (Lipinski definition) is 5. The second kappa shape index (κ2) is 7.13. The average molecular weight is 449 g/mol. The van der Waals surface area contributed by atoms with E-state index in [1.54, 1.807) is 24.9 Å². The highest BCUT2D eigenvalue weighted by Gasteiger charge is 2.79. The number of hydrogen-bond acceptors (Lipinski definition) is 9. The molecule has 0 aliphatic heterocycles. The summed E-state index contributed by atoms with van der Waals surface area (Å²) in [7, 11) is 3.22. The van der Waals surface area contributed by atoms with Gasteiger partial charge in [0.25, 0.3) is 0 Å².